The van der Waals surface area contributed by atoms with Gasteiger partial charge in [-0.25, -0.2) is 0 Å². The summed E-state index contributed by atoms with van der Waals surface area (Å²) >= 11 is 3.44. The maximum Gasteiger partial charge on any atom is 0.245 e. The molecule has 108 valence electrons. The molecule has 2 saturated heterocycles. The second-order valence-corrected chi connectivity index (χ2v) is 6.07. The number of hydrogen-bond acceptors (Lipinski definition) is 4. The Kier molecular flexibility index (Phi) is 4.21. The number of halogens is 1. The standard InChI is InChI=1S/C14H18BrN3O2/c15-11-8-12(10-16-9-11)18-3-1-2-13(18)14(19)17-4-6-20-7-5-17/h8-10,13H,1-7H2/t13-/m1/s1. The van der Waals surface area contributed by atoms with E-state index in [2.05, 4.69) is 25.8 Å². The van der Waals surface area contributed by atoms with Crippen molar-refractivity contribution in [1.82, 2.24) is 9.88 Å². The predicted octanol–water partition coefficient (Wildman–Crippen LogP) is 1.67. The first kappa shape index (κ1) is 13.8. The van der Waals surface area contributed by atoms with Gasteiger partial charge in [0.15, 0.2) is 0 Å². The van der Waals surface area contributed by atoms with E-state index in [9.17, 15) is 4.79 Å². The SMILES string of the molecule is O=C([C@H]1CCCN1c1cncc(Br)c1)N1CCOCC1. The molecule has 0 unspecified atom stereocenters. The van der Waals surface area contributed by atoms with Crippen LogP contribution < -0.4 is 4.90 Å². The lowest BCUT2D eigenvalue weighted by Crippen LogP contribution is -2.49. The summed E-state index contributed by atoms with van der Waals surface area (Å²) < 4.78 is 6.26. The van der Waals surface area contributed by atoms with Crippen LogP contribution in [-0.4, -0.2) is 54.7 Å². The number of aromatic nitrogens is 1. The summed E-state index contributed by atoms with van der Waals surface area (Å²) in [5.74, 6) is 0.228. The summed E-state index contributed by atoms with van der Waals surface area (Å²) in [5.41, 5.74) is 1.02. The first-order valence-corrected chi connectivity index (χ1v) is 7.79. The molecule has 2 fully saturated rings. The lowest BCUT2D eigenvalue weighted by atomic mass is 10.1. The Hall–Kier alpha value is -1.14. The zero-order chi connectivity index (χ0) is 13.9. The summed E-state index contributed by atoms with van der Waals surface area (Å²) in [4.78, 5) is 21.0. The quantitative estimate of drug-likeness (QED) is 0.822. The Bertz CT molecular complexity index is 491. The lowest BCUT2D eigenvalue weighted by Gasteiger charge is -2.33. The first-order valence-electron chi connectivity index (χ1n) is 6.99. The number of carbonyl (C=O) groups excluding carboxylic acids is 1. The molecular formula is C14H18BrN3O2. The third-order valence-corrected chi connectivity index (χ3v) is 4.32. The monoisotopic (exact) mass is 339 g/mol. The normalized spacial score (nSPS) is 23.1. The fraction of sp³-hybridized carbons (Fsp3) is 0.571. The Balaban J connectivity index is 1.76. The lowest BCUT2D eigenvalue weighted by molar-refractivity contribution is -0.136. The molecule has 0 bridgehead atoms. The molecule has 0 aliphatic carbocycles. The van der Waals surface area contributed by atoms with Gasteiger partial charge in [0.1, 0.15) is 6.04 Å². The van der Waals surface area contributed by atoms with Crippen LogP contribution in [-0.2, 0) is 9.53 Å². The average Bonchev–Trinajstić information content (AvgIpc) is 2.97. The minimum absolute atomic E-state index is 0.0517. The highest BCUT2D eigenvalue weighted by Crippen LogP contribution is 2.28. The molecule has 1 aromatic rings. The molecule has 2 aliphatic heterocycles. The van der Waals surface area contributed by atoms with Crippen molar-refractivity contribution in [1.29, 1.82) is 0 Å². The molecule has 1 aromatic heterocycles. The van der Waals surface area contributed by atoms with E-state index in [1.807, 2.05) is 17.2 Å². The molecule has 0 aromatic carbocycles. The molecule has 0 saturated carbocycles. The van der Waals surface area contributed by atoms with Gasteiger partial charge in [0, 0.05) is 30.3 Å². The van der Waals surface area contributed by atoms with E-state index in [-0.39, 0.29) is 11.9 Å². The van der Waals surface area contributed by atoms with Crippen molar-refractivity contribution in [3.05, 3.63) is 22.9 Å². The minimum atomic E-state index is -0.0517. The van der Waals surface area contributed by atoms with Crippen LogP contribution in [0.25, 0.3) is 0 Å². The Morgan fingerprint density at radius 2 is 2.10 bits per heavy atom. The van der Waals surface area contributed by atoms with E-state index in [0.717, 1.165) is 29.5 Å². The van der Waals surface area contributed by atoms with Gasteiger partial charge < -0.3 is 14.5 Å². The maximum atomic E-state index is 12.7. The topological polar surface area (TPSA) is 45.7 Å². The molecule has 3 heterocycles. The number of ether oxygens (including phenoxy) is 1. The van der Waals surface area contributed by atoms with Crippen LogP contribution in [0.3, 0.4) is 0 Å². The number of carbonyl (C=O) groups is 1. The van der Waals surface area contributed by atoms with Gasteiger partial charge in [0.2, 0.25) is 5.91 Å². The largest absolute Gasteiger partial charge is 0.378 e. The molecule has 0 radical (unpaired) electrons. The molecule has 20 heavy (non-hydrogen) atoms. The van der Waals surface area contributed by atoms with Crippen molar-refractivity contribution in [2.75, 3.05) is 37.7 Å². The molecule has 3 rings (SSSR count). The molecule has 0 spiro atoms. The maximum absolute atomic E-state index is 12.7. The van der Waals surface area contributed by atoms with E-state index in [1.165, 1.54) is 0 Å². The minimum Gasteiger partial charge on any atom is -0.378 e. The van der Waals surface area contributed by atoms with Gasteiger partial charge in [-0.3, -0.25) is 9.78 Å². The number of amides is 1. The highest BCUT2D eigenvalue weighted by Gasteiger charge is 2.34. The van der Waals surface area contributed by atoms with Crippen molar-refractivity contribution in [2.24, 2.45) is 0 Å². The van der Waals surface area contributed by atoms with Crippen LogP contribution in [0.5, 0.6) is 0 Å². The molecule has 1 atom stereocenters. The number of hydrogen-bond donors (Lipinski definition) is 0. The van der Waals surface area contributed by atoms with Crippen molar-refractivity contribution in [2.45, 2.75) is 18.9 Å². The van der Waals surface area contributed by atoms with E-state index >= 15 is 0 Å². The molecule has 0 N–H and O–H groups in total. The highest BCUT2D eigenvalue weighted by molar-refractivity contribution is 9.10. The summed E-state index contributed by atoms with van der Waals surface area (Å²) in [6.45, 7) is 3.63. The molecule has 2 aliphatic rings. The summed E-state index contributed by atoms with van der Waals surface area (Å²) in [7, 11) is 0. The van der Waals surface area contributed by atoms with Crippen LogP contribution >= 0.6 is 15.9 Å². The van der Waals surface area contributed by atoms with Crippen LogP contribution in [0, 0.1) is 0 Å². The van der Waals surface area contributed by atoms with Gasteiger partial charge in [-0.1, -0.05) is 0 Å². The van der Waals surface area contributed by atoms with Gasteiger partial charge in [0.25, 0.3) is 0 Å². The summed E-state index contributed by atoms with van der Waals surface area (Å²) in [5, 5.41) is 0. The second kappa shape index (κ2) is 6.10. The number of morpholine rings is 1. The van der Waals surface area contributed by atoms with Gasteiger partial charge in [-0.15, -0.1) is 0 Å². The van der Waals surface area contributed by atoms with Gasteiger partial charge >= 0.3 is 0 Å². The van der Waals surface area contributed by atoms with Crippen LogP contribution in [0.2, 0.25) is 0 Å². The van der Waals surface area contributed by atoms with Crippen molar-refractivity contribution < 1.29 is 9.53 Å². The van der Waals surface area contributed by atoms with Crippen molar-refractivity contribution >= 4 is 27.5 Å². The Morgan fingerprint density at radius 1 is 1.30 bits per heavy atom. The second-order valence-electron chi connectivity index (χ2n) is 5.15. The first-order chi connectivity index (χ1) is 9.75. The smallest absolute Gasteiger partial charge is 0.245 e. The fourth-order valence-electron chi connectivity index (χ4n) is 2.88. The van der Waals surface area contributed by atoms with E-state index in [1.54, 1.807) is 6.20 Å². The number of nitrogens with zero attached hydrogens (tertiary/aromatic N) is 3. The van der Waals surface area contributed by atoms with Crippen LogP contribution in [0.4, 0.5) is 5.69 Å². The number of rotatable bonds is 2. The van der Waals surface area contributed by atoms with Gasteiger partial charge in [-0.05, 0) is 34.8 Å². The van der Waals surface area contributed by atoms with Crippen molar-refractivity contribution in [3.8, 4) is 0 Å². The van der Waals surface area contributed by atoms with Gasteiger partial charge in [-0.2, -0.15) is 0 Å². The average molecular weight is 340 g/mol. The zero-order valence-corrected chi connectivity index (χ0v) is 12.9. The molecule has 5 nitrogen and oxygen atoms in total. The summed E-state index contributed by atoms with van der Waals surface area (Å²) in [6.07, 6.45) is 5.56. The van der Waals surface area contributed by atoms with Crippen molar-refractivity contribution in [3.63, 3.8) is 0 Å². The van der Waals surface area contributed by atoms with Crippen LogP contribution in [0.15, 0.2) is 22.9 Å². The highest BCUT2D eigenvalue weighted by atomic mass is 79.9. The van der Waals surface area contributed by atoms with E-state index in [4.69, 9.17) is 4.74 Å². The zero-order valence-electron chi connectivity index (χ0n) is 11.3. The number of anilines is 1. The summed E-state index contributed by atoms with van der Waals surface area (Å²) in [6, 6.07) is 1.97. The Labute approximate surface area is 127 Å². The van der Waals surface area contributed by atoms with Gasteiger partial charge in [0.05, 0.1) is 25.1 Å². The molecule has 1 amide bonds. The number of pyridine rings is 1. The Morgan fingerprint density at radius 3 is 2.85 bits per heavy atom. The van der Waals surface area contributed by atoms with E-state index < -0.39 is 0 Å². The third kappa shape index (κ3) is 2.81. The van der Waals surface area contributed by atoms with E-state index in [0.29, 0.717) is 26.3 Å². The molecular weight excluding hydrogens is 322 g/mol. The fourth-order valence-corrected chi connectivity index (χ4v) is 3.24. The molecule has 6 heteroatoms. The predicted molar refractivity (Wildman–Crippen MR) is 79.7 cm³/mol. The van der Waals surface area contributed by atoms with Crippen LogP contribution in [0.1, 0.15) is 12.8 Å². The third-order valence-electron chi connectivity index (χ3n) is 3.88.